The van der Waals surface area contributed by atoms with Gasteiger partial charge in [-0.15, -0.1) is 0 Å². The van der Waals surface area contributed by atoms with E-state index in [4.69, 9.17) is 0 Å². The van der Waals surface area contributed by atoms with E-state index in [0.29, 0.717) is 15.4 Å². The van der Waals surface area contributed by atoms with Crippen LogP contribution in [0.4, 0.5) is 0 Å². The predicted molar refractivity (Wildman–Crippen MR) is 72.3 cm³/mol. The van der Waals surface area contributed by atoms with Crippen LogP contribution in [-0.4, -0.2) is 29.2 Å². The van der Waals surface area contributed by atoms with Crippen LogP contribution in [0.15, 0.2) is 29.2 Å². The molecule has 0 amide bonds. The van der Waals surface area contributed by atoms with Crippen molar-refractivity contribution in [3.63, 3.8) is 0 Å². The standard InChI is InChI=1S/C11H14INO2S/c1-8-3-5-10(6-4-8)16(14,15)13-7-11(13)9(2)12/h3-6,9,11H,7H2,1-2H3. The summed E-state index contributed by atoms with van der Waals surface area (Å²) in [6.45, 7) is 4.64. The normalized spacial score (nSPS) is 26.4. The predicted octanol–water partition coefficient (Wildman–Crippen LogP) is 2.19. The molecule has 1 aromatic carbocycles. The Morgan fingerprint density at radius 2 is 1.94 bits per heavy atom. The highest BCUT2D eigenvalue weighted by Gasteiger charge is 2.46. The number of sulfonamides is 1. The molecule has 3 nitrogen and oxygen atoms in total. The molecule has 1 aromatic rings. The van der Waals surface area contributed by atoms with E-state index in [-0.39, 0.29) is 6.04 Å². The van der Waals surface area contributed by atoms with Gasteiger partial charge in [0.2, 0.25) is 10.0 Å². The lowest BCUT2D eigenvalue weighted by Crippen LogP contribution is -2.17. The highest BCUT2D eigenvalue weighted by Crippen LogP contribution is 2.33. The van der Waals surface area contributed by atoms with Gasteiger partial charge in [-0.05, 0) is 19.1 Å². The summed E-state index contributed by atoms with van der Waals surface area (Å²) in [6.07, 6.45) is 0. The van der Waals surface area contributed by atoms with E-state index in [2.05, 4.69) is 22.6 Å². The Morgan fingerprint density at radius 1 is 1.38 bits per heavy atom. The molecule has 0 spiro atoms. The molecule has 0 aromatic heterocycles. The lowest BCUT2D eigenvalue weighted by Gasteiger charge is -2.07. The number of halogens is 1. The van der Waals surface area contributed by atoms with E-state index in [0.717, 1.165) is 5.56 Å². The Morgan fingerprint density at radius 3 is 2.38 bits per heavy atom. The molecule has 0 N–H and O–H groups in total. The molecule has 3 atom stereocenters. The van der Waals surface area contributed by atoms with Gasteiger partial charge >= 0.3 is 0 Å². The van der Waals surface area contributed by atoms with Crippen LogP contribution in [0.2, 0.25) is 0 Å². The van der Waals surface area contributed by atoms with E-state index in [9.17, 15) is 8.42 Å². The van der Waals surface area contributed by atoms with Gasteiger partial charge in [-0.2, -0.15) is 4.31 Å². The summed E-state index contributed by atoms with van der Waals surface area (Å²) in [5, 5.41) is 0. The Labute approximate surface area is 110 Å². The molecule has 1 aliphatic rings. The topological polar surface area (TPSA) is 37.1 Å². The number of benzene rings is 1. The van der Waals surface area contributed by atoms with Gasteiger partial charge in [0.05, 0.1) is 10.9 Å². The molecule has 1 aliphatic heterocycles. The zero-order chi connectivity index (χ0) is 11.9. The maximum absolute atomic E-state index is 12.1. The molecule has 0 bridgehead atoms. The minimum Gasteiger partial charge on any atom is -0.207 e. The largest absolute Gasteiger partial charge is 0.243 e. The van der Waals surface area contributed by atoms with Crippen molar-refractivity contribution in [3.8, 4) is 0 Å². The first kappa shape index (κ1) is 12.3. The van der Waals surface area contributed by atoms with Crippen molar-refractivity contribution in [2.75, 3.05) is 6.54 Å². The Bertz CT molecular complexity index is 481. The van der Waals surface area contributed by atoms with E-state index in [1.165, 1.54) is 0 Å². The van der Waals surface area contributed by atoms with Crippen molar-refractivity contribution >= 4 is 32.6 Å². The third-order valence-corrected chi connectivity index (χ3v) is 5.50. The molecule has 16 heavy (non-hydrogen) atoms. The first-order valence-corrected chi connectivity index (χ1v) is 7.84. The number of nitrogens with zero attached hydrogens (tertiary/aromatic N) is 1. The first-order valence-electron chi connectivity index (χ1n) is 5.15. The molecule has 5 heteroatoms. The maximum Gasteiger partial charge on any atom is 0.243 e. The van der Waals surface area contributed by atoms with E-state index < -0.39 is 10.0 Å². The Kier molecular flexibility index (Phi) is 3.29. The van der Waals surface area contributed by atoms with Crippen molar-refractivity contribution in [1.29, 1.82) is 0 Å². The van der Waals surface area contributed by atoms with E-state index >= 15 is 0 Å². The van der Waals surface area contributed by atoms with E-state index in [1.807, 2.05) is 26.0 Å². The van der Waals surface area contributed by atoms with Crippen LogP contribution in [0.5, 0.6) is 0 Å². The fourth-order valence-corrected chi connectivity index (χ4v) is 4.11. The molecule has 88 valence electrons. The van der Waals surface area contributed by atoms with Gasteiger partial charge in [0.1, 0.15) is 0 Å². The van der Waals surface area contributed by atoms with Crippen LogP contribution in [0.25, 0.3) is 0 Å². The van der Waals surface area contributed by atoms with Gasteiger partial charge in [0.25, 0.3) is 0 Å². The molecule has 0 radical (unpaired) electrons. The summed E-state index contributed by atoms with van der Waals surface area (Å²) < 4.78 is 26.2. The van der Waals surface area contributed by atoms with Gasteiger partial charge in [-0.25, -0.2) is 8.42 Å². The van der Waals surface area contributed by atoms with Gasteiger partial charge in [0.15, 0.2) is 0 Å². The van der Waals surface area contributed by atoms with Crippen molar-refractivity contribution in [2.24, 2.45) is 0 Å². The average Bonchev–Trinajstić information content (AvgIpc) is 2.98. The van der Waals surface area contributed by atoms with Crippen LogP contribution >= 0.6 is 22.6 Å². The van der Waals surface area contributed by atoms with Gasteiger partial charge in [0, 0.05) is 10.5 Å². The van der Waals surface area contributed by atoms with Gasteiger partial charge in [-0.3, -0.25) is 0 Å². The minimum absolute atomic E-state index is 0.173. The minimum atomic E-state index is -3.25. The molecule has 1 fully saturated rings. The number of hydrogen-bond acceptors (Lipinski definition) is 2. The number of rotatable bonds is 3. The SMILES string of the molecule is Cc1ccc(S(=O)(=O)N2CC2C(C)I)cc1. The summed E-state index contributed by atoms with van der Waals surface area (Å²) in [5.41, 5.74) is 1.07. The molecular formula is C11H14INO2S. The van der Waals surface area contributed by atoms with Crippen LogP contribution < -0.4 is 0 Å². The third-order valence-electron chi connectivity index (χ3n) is 2.76. The molecule has 1 saturated heterocycles. The van der Waals surface area contributed by atoms with Crippen LogP contribution in [0, 0.1) is 6.92 Å². The second-order valence-corrected chi connectivity index (χ2v) is 7.99. The monoisotopic (exact) mass is 351 g/mol. The number of alkyl halides is 1. The molecule has 2 rings (SSSR count). The molecule has 0 saturated carbocycles. The zero-order valence-corrected chi connectivity index (χ0v) is 12.2. The van der Waals surface area contributed by atoms with Crippen molar-refractivity contribution in [1.82, 2.24) is 4.31 Å². The highest BCUT2D eigenvalue weighted by atomic mass is 127. The quantitative estimate of drug-likeness (QED) is 0.476. The molecule has 1 heterocycles. The first-order chi connectivity index (χ1) is 7.43. The molecule has 0 aliphatic carbocycles. The van der Waals surface area contributed by atoms with Gasteiger partial charge in [-0.1, -0.05) is 47.2 Å². The third kappa shape index (κ3) is 2.26. The summed E-state index contributed by atoms with van der Waals surface area (Å²) in [4.78, 5) is 0.401. The van der Waals surface area contributed by atoms with Crippen molar-refractivity contribution in [2.45, 2.75) is 28.7 Å². The zero-order valence-electron chi connectivity index (χ0n) is 9.22. The second-order valence-electron chi connectivity index (χ2n) is 4.13. The van der Waals surface area contributed by atoms with Crippen LogP contribution in [0.1, 0.15) is 12.5 Å². The van der Waals surface area contributed by atoms with E-state index in [1.54, 1.807) is 16.4 Å². The smallest absolute Gasteiger partial charge is 0.207 e. The lowest BCUT2D eigenvalue weighted by atomic mass is 10.2. The number of aryl methyl sites for hydroxylation is 1. The Balaban J connectivity index is 2.24. The summed E-state index contributed by atoms with van der Waals surface area (Å²) in [5.74, 6) is 0. The molecular weight excluding hydrogens is 337 g/mol. The lowest BCUT2D eigenvalue weighted by molar-refractivity contribution is 0.552. The maximum atomic E-state index is 12.1. The van der Waals surface area contributed by atoms with Gasteiger partial charge < -0.3 is 0 Å². The Hall–Kier alpha value is -0.140. The highest BCUT2D eigenvalue weighted by molar-refractivity contribution is 14.1. The fraction of sp³-hybridized carbons (Fsp3) is 0.455. The van der Waals surface area contributed by atoms with Crippen LogP contribution in [0.3, 0.4) is 0 Å². The summed E-state index contributed by atoms with van der Waals surface area (Å²) in [6, 6.07) is 7.19. The number of hydrogen-bond donors (Lipinski definition) is 0. The summed E-state index contributed by atoms with van der Waals surface area (Å²) in [7, 11) is -3.25. The van der Waals surface area contributed by atoms with Crippen molar-refractivity contribution < 1.29 is 8.42 Å². The second kappa shape index (κ2) is 4.27. The average molecular weight is 351 g/mol. The fourth-order valence-electron chi connectivity index (χ4n) is 1.63. The molecule has 3 unspecified atom stereocenters. The van der Waals surface area contributed by atoms with Crippen molar-refractivity contribution in [3.05, 3.63) is 29.8 Å². The summed E-state index contributed by atoms with van der Waals surface area (Å²) >= 11 is 2.27. The van der Waals surface area contributed by atoms with Crippen LogP contribution in [-0.2, 0) is 10.0 Å².